The summed E-state index contributed by atoms with van der Waals surface area (Å²) in [6, 6.07) is 7.92. The zero-order chi connectivity index (χ0) is 14.3. The molecule has 0 amide bonds. The first kappa shape index (κ1) is 12.5. The Labute approximate surface area is 116 Å². The number of aromatic nitrogens is 3. The van der Waals surface area contributed by atoms with E-state index in [4.69, 9.17) is 10.5 Å². The molecule has 0 fully saturated rings. The zero-order valence-corrected chi connectivity index (χ0v) is 11.7. The van der Waals surface area contributed by atoms with Crippen LogP contribution in [-0.4, -0.2) is 22.1 Å². The van der Waals surface area contributed by atoms with Crippen LogP contribution in [-0.2, 0) is 0 Å². The molecule has 1 aromatic carbocycles. The lowest BCUT2D eigenvalue weighted by atomic mass is 10.0. The van der Waals surface area contributed by atoms with Crippen molar-refractivity contribution >= 4 is 17.0 Å². The van der Waals surface area contributed by atoms with Crippen molar-refractivity contribution in [2.75, 3.05) is 12.8 Å². The Bertz CT molecular complexity index is 792. The number of H-pyrrole nitrogens is 1. The Morgan fingerprint density at radius 3 is 2.65 bits per heavy atom. The molecule has 20 heavy (non-hydrogen) atoms. The van der Waals surface area contributed by atoms with E-state index in [2.05, 4.69) is 15.0 Å². The third-order valence-electron chi connectivity index (χ3n) is 3.41. The van der Waals surface area contributed by atoms with Gasteiger partial charge >= 0.3 is 0 Å². The van der Waals surface area contributed by atoms with E-state index in [1.165, 1.54) is 0 Å². The molecule has 0 aliphatic carbocycles. The minimum atomic E-state index is 0.280. The largest absolute Gasteiger partial charge is 0.496 e. The molecule has 0 aliphatic heterocycles. The molecular formula is C15H16N4O. The molecule has 5 heteroatoms. The maximum Gasteiger partial charge on any atom is 0.222 e. The van der Waals surface area contributed by atoms with Crippen molar-refractivity contribution in [3.8, 4) is 16.9 Å². The fourth-order valence-electron chi connectivity index (χ4n) is 2.60. The Hall–Kier alpha value is -2.56. The second-order valence-corrected chi connectivity index (χ2v) is 4.72. The fraction of sp³-hybridized carbons (Fsp3) is 0.200. The number of nitrogens with zero attached hydrogens (tertiary/aromatic N) is 2. The Balaban J connectivity index is 2.39. The van der Waals surface area contributed by atoms with Gasteiger partial charge in [-0.05, 0) is 19.9 Å². The van der Waals surface area contributed by atoms with Crippen molar-refractivity contribution in [2.24, 2.45) is 0 Å². The molecule has 0 bridgehead atoms. The summed E-state index contributed by atoms with van der Waals surface area (Å²) in [6.07, 6.45) is 0. The minimum absolute atomic E-state index is 0.280. The lowest BCUT2D eigenvalue weighted by Crippen LogP contribution is -1.97. The first-order valence-electron chi connectivity index (χ1n) is 6.37. The van der Waals surface area contributed by atoms with Gasteiger partial charge in [0, 0.05) is 22.2 Å². The van der Waals surface area contributed by atoms with Crippen LogP contribution < -0.4 is 10.5 Å². The van der Waals surface area contributed by atoms with Crippen LogP contribution in [0.3, 0.4) is 0 Å². The highest BCUT2D eigenvalue weighted by Gasteiger charge is 2.17. The molecule has 0 saturated carbocycles. The predicted molar refractivity (Wildman–Crippen MR) is 79.8 cm³/mol. The minimum Gasteiger partial charge on any atom is -0.496 e. The van der Waals surface area contributed by atoms with Gasteiger partial charge in [0.15, 0.2) is 0 Å². The van der Waals surface area contributed by atoms with Crippen LogP contribution >= 0.6 is 0 Å². The van der Waals surface area contributed by atoms with Gasteiger partial charge in [-0.2, -0.15) is 4.98 Å². The van der Waals surface area contributed by atoms with Crippen LogP contribution in [0.4, 0.5) is 5.95 Å². The van der Waals surface area contributed by atoms with Crippen LogP contribution in [0.15, 0.2) is 24.3 Å². The number of aromatic amines is 1. The molecule has 0 aliphatic rings. The molecule has 2 aromatic heterocycles. The predicted octanol–water partition coefficient (Wildman–Crippen LogP) is 2.83. The van der Waals surface area contributed by atoms with Crippen LogP contribution in [0.25, 0.3) is 22.2 Å². The van der Waals surface area contributed by atoms with Gasteiger partial charge in [0.05, 0.1) is 12.8 Å². The summed E-state index contributed by atoms with van der Waals surface area (Å²) in [6.45, 7) is 3.95. The fourth-order valence-corrected chi connectivity index (χ4v) is 2.60. The summed E-state index contributed by atoms with van der Waals surface area (Å²) in [5.74, 6) is 1.11. The number of fused-ring (bicyclic) bond motifs is 1. The lowest BCUT2D eigenvalue weighted by molar-refractivity contribution is 0.416. The van der Waals surface area contributed by atoms with Gasteiger partial charge in [-0.25, -0.2) is 4.98 Å². The molecule has 0 atom stereocenters. The average Bonchev–Trinajstić information content (AvgIpc) is 2.74. The molecule has 0 radical (unpaired) electrons. The summed E-state index contributed by atoms with van der Waals surface area (Å²) in [5.41, 5.74) is 10.4. The molecule has 2 heterocycles. The van der Waals surface area contributed by atoms with Crippen LogP contribution in [0.2, 0.25) is 0 Å². The van der Waals surface area contributed by atoms with E-state index in [9.17, 15) is 0 Å². The number of hydrogen-bond donors (Lipinski definition) is 2. The first-order chi connectivity index (χ1) is 9.61. The number of hydrogen-bond acceptors (Lipinski definition) is 4. The normalized spacial score (nSPS) is 10.9. The molecule has 102 valence electrons. The number of methoxy groups -OCH3 is 1. The van der Waals surface area contributed by atoms with Crippen molar-refractivity contribution < 1.29 is 4.74 Å². The Morgan fingerprint density at radius 2 is 1.90 bits per heavy atom. The van der Waals surface area contributed by atoms with E-state index in [0.717, 1.165) is 39.3 Å². The van der Waals surface area contributed by atoms with Crippen molar-refractivity contribution in [3.05, 3.63) is 35.7 Å². The number of nitrogens with one attached hydrogen (secondary N) is 1. The molecule has 5 nitrogen and oxygen atoms in total. The second-order valence-electron chi connectivity index (χ2n) is 4.72. The third-order valence-corrected chi connectivity index (χ3v) is 3.41. The van der Waals surface area contributed by atoms with E-state index in [-0.39, 0.29) is 5.95 Å². The monoisotopic (exact) mass is 268 g/mol. The van der Waals surface area contributed by atoms with Gasteiger partial charge in [0.1, 0.15) is 11.4 Å². The van der Waals surface area contributed by atoms with Crippen molar-refractivity contribution in [1.29, 1.82) is 0 Å². The number of nitrogen functional groups attached to an aromatic ring is 1. The Kier molecular flexibility index (Phi) is 2.82. The van der Waals surface area contributed by atoms with E-state index in [1.54, 1.807) is 7.11 Å². The smallest absolute Gasteiger partial charge is 0.222 e. The van der Waals surface area contributed by atoms with Gasteiger partial charge in [0.2, 0.25) is 5.95 Å². The number of ether oxygens (including phenoxy) is 1. The highest BCUT2D eigenvalue weighted by molar-refractivity contribution is 5.99. The first-order valence-corrected chi connectivity index (χ1v) is 6.37. The lowest BCUT2D eigenvalue weighted by Gasteiger charge is -2.09. The van der Waals surface area contributed by atoms with Crippen LogP contribution in [0.1, 0.15) is 11.4 Å². The molecule has 0 unspecified atom stereocenters. The van der Waals surface area contributed by atoms with E-state index >= 15 is 0 Å². The highest BCUT2D eigenvalue weighted by atomic mass is 16.5. The summed E-state index contributed by atoms with van der Waals surface area (Å²) in [4.78, 5) is 11.8. The maximum atomic E-state index is 5.71. The van der Waals surface area contributed by atoms with Gasteiger partial charge in [-0.1, -0.05) is 18.2 Å². The van der Waals surface area contributed by atoms with Crippen molar-refractivity contribution in [2.45, 2.75) is 13.8 Å². The summed E-state index contributed by atoms with van der Waals surface area (Å²) in [7, 11) is 1.67. The van der Waals surface area contributed by atoms with Gasteiger partial charge in [0.25, 0.3) is 0 Å². The topological polar surface area (TPSA) is 76.8 Å². The maximum absolute atomic E-state index is 5.71. The third kappa shape index (κ3) is 1.79. The standard InChI is InChI=1S/C15H16N4O/c1-8-12(10-6-4-5-7-11(10)20-3)13-9(2)18-15(16)19-14(13)17-8/h4-7H,1-3H3,(H3,16,17,18,19). The van der Waals surface area contributed by atoms with E-state index < -0.39 is 0 Å². The van der Waals surface area contributed by atoms with Crippen molar-refractivity contribution in [1.82, 2.24) is 15.0 Å². The average molecular weight is 268 g/mol. The number of aryl methyl sites for hydroxylation is 2. The molecule has 0 saturated heterocycles. The van der Waals surface area contributed by atoms with Crippen molar-refractivity contribution in [3.63, 3.8) is 0 Å². The molecule has 0 spiro atoms. The second kappa shape index (κ2) is 4.52. The summed E-state index contributed by atoms with van der Waals surface area (Å²) < 4.78 is 5.46. The van der Waals surface area contributed by atoms with Crippen LogP contribution in [0.5, 0.6) is 5.75 Å². The van der Waals surface area contributed by atoms with Crippen LogP contribution in [0, 0.1) is 13.8 Å². The molecule has 3 rings (SSSR count). The molecular weight excluding hydrogens is 252 g/mol. The van der Waals surface area contributed by atoms with Gasteiger partial charge in [-0.3, -0.25) is 0 Å². The molecule has 3 N–H and O–H groups in total. The summed E-state index contributed by atoms with van der Waals surface area (Å²) >= 11 is 0. The summed E-state index contributed by atoms with van der Waals surface area (Å²) in [5, 5.41) is 0.987. The number of nitrogens with two attached hydrogens (primary N) is 1. The number of benzene rings is 1. The van der Waals surface area contributed by atoms with Gasteiger partial charge < -0.3 is 15.5 Å². The quantitative estimate of drug-likeness (QED) is 0.749. The van der Waals surface area contributed by atoms with E-state index in [0.29, 0.717) is 0 Å². The SMILES string of the molecule is COc1ccccc1-c1c(C)[nH]c2nc(N)nc(C)c12. The zero-order valence-electron chi connectivity index (χ0n) is 11.7. The Morgan fingerprint density at radius 1 is 1.15 bits per heavy atom. The number of para-hydroxylation sites is 1. The highest BCUT2D eigenvalue weighted by Crippen LogP contribution is 2.38. The van der Waals surface area contributed by atoms with E-state index in [1.807, 2.05) is 38.1 Å². The van der Waals surface area contributed by atoms with Gasteiger partial charge in [-0.15, -0.1) is 0 Å². The molecule has 3 aromatic rings. The number of anilines is 1. The number of rotatable bonds is 2.